The van der Waals surface area contributed by atoms with E-state index in [1.54, 1.807) is 19.1 Å². The van der Waals surface area contributed by atoms with Gasteiger partial charge in [0.15, 0.2) is 4.90 Å². The minimum absolute atomic E-state index is 0.170. The maximum absolute atomic E-state index is 12.3. The second-order valence-electron chi connectivity index (χ2n) is 5.69. The van der Waals surface area contributed by atoms with Gasteiger partial charge in [0.05, 0.1) is 22.8 Å². The molecule has 29 heavy (non-hydrogen) atoms. The van der Waals surface area contributed by atoms with Crippen LogP contribution in [0.25, 0.3) is 0 Å². The highest BCUT2D eigenvalue weighted by molar-refractivity contribution is 7.89. The second-order valence-corrected chi connectivity index (χ2v) is 7.42. The first-order chi connectivity index (χ1) is 13.8. The molecule has 2 rings (SSSR count). The van der Waals surface area contributed by atoms with Gasteiger partial charge in [0.25, 0.3) is 5.69 Å². The second kappa shape index (κ2) is 9.75. The Hall–Kier alpha value is -3.31. The van der Waals surface area contributed by atoms with E-state index >= 15 is 0 Å². The molecule has 10 nitrogen and oxygen atoms in total. The number of hydrogen-bond acceptors (Lipinski definition) is 7. The topological polar surface area (TPSA) is 145 Å². The highest BCUT2D eigenvalue weighted by Gasteiger charge is 2.25. The Balaban J connectivity index is 2.01. The van der Waals surface area contributed by atoms with Crippen molar-refractivity contribution in [3.8, 4) is 0 Å². The smallest absolute Gasteiger partial charge is 0.340 e. The van der Waals surface area contributed by atoms with Gasteiger partial charge in [-0.3, -0.25) is 14.9 Å². The van der Waals surface area contributed by atoms with E-state index < -0.39 is 37.4 Å². The molecule has 11 heteroatoms. The van der Waals surface area contributed by atoms with Crippen molar-refractivity contribution in [3.63, 3.8) is 0 Å². The number of rotatable bonds is 9. The Bertz CT molecular complexity index is 1020. The van der Waals surface area contributed by atoms with Gasteiger partial charge in [0, 0.05) is 19.0 Å². The molecule has 0 heterocycles. The fourth-order valence-corrected chi connectivity index (χ4v) is 3.61. The molecule has 154 valence electrons. The van der Waals surface area contributed by atoms with Crippen LogP contribution in [0.1, 0.15) is 23.7 Å². The highest BCUT2D eigenvalue weighted by Crippen LogP contribution is 2.22. The monoisotopic (exact) mass is 421 g/mol. The molecule has 0 fully saturated rings. The van der Waals surface area contributed by atoms with E-state index in [2.05, 4.69) is 10.0 Å². The molecule has 0 aliphatic heterocycles. The Morgan fingerprint density at radius 2 is 1.76 bits per heavy atom. The van der Waals surface area contributed by atoms with Crippen LogP contribution in [0, 0.1) is 10.1 Å². The van der Waals surface area contributed by atoms with E-state index in [9.17, 15) is 28.1 Å². The summed E-state index contributed by atoms with van der Waals surface area (Å²) in [4.78, 5) is 33.8. The normalized spacial score (nSPS) is 10.9. The zero-order valence-corrected chi connectivity index (χ0v) is 16.3. The van der Waals surface area contributed by atoms with Gasteiger partial charge in [0.2, 0.25) is 15.9 Å². The third-order valence-corrected chi connectivity index (χ3v) is 5.20. The molecule has 0 radical (unpaired) electrons. The van der Waals surface area contributed by atoms with E-state index in [1.165, 1.54) is 24.3 Å². The Labute approximate surface area is 167 Å². The van der Waals surface area contributed by atoms with Crippen molar-refractivity contribution >= 4 is 33.3 Å². The number of carbonyl (C=O) groups is 2. The van der Waals surface area contributed by atoms with Crippen molar-refractivity contribution in [3.05, 3.63) is 64.2 Å². The molecule has 0 atom stereocenters. The third kappa shape index (κ3) is 5.83. The summed E-state index contributed by atoms with van der Waals surface area (Å²) in [5, 5.41) is 13.5. The van der Waals surface area contributed by atoms with Gasteiger partial charge in [-0.2, -0.15) is 0 Å². The standard InChI is InChI=1S/C18H19N3O7S/c1-2-28-18(23)13-7-3-4-8-14(13)20-17(22)11-12-19-29(26,27)16-10-6-5-9-15(16)21(24)25/h3-10,19H,2,11-12H2,1H3,(H,20,22). The molecular formula is C18H19N3O7S. The van der Waals surface area contributed by atoms with Gasteiger partial charge in [-0.25, -0.2) is 17.9 Å². The summed E-state index contributed by atoms with van der Waals surface area (Å²) in [6.07, 6.45) is -0.253. The molecule has 0 unspecified atom stereocenters. The number of nitrogens with one attached hydrogen (secondary N) is 2. The van der Waals surface area contributed by atoms with Crippen LogP contribution in [0.5, 0.6) is 0 Å². The van der Waals surface area contributed by atoms with Crippen molar-refractivity contribution in [2.75, 3.05) is 18.5 Å². The number of nitro benzene ring substituents is 1. The lowest BCUT2D eigenvalue weighted by molar-refractivity contribution is -0.387. The van der Waals surface area contributed by atoms with E-state index in [-0.39, 0.29) is 30.8 Å². The van der Waals surface area contributed by atoms with Crippen LogP contribution in [0.3, 0.4) is 0 Å². The molecule has 0 bridgehead atoms. The largest absolute Gasteiger partial charge is 0.462 e. The number of esters is 1. The van der Waals surface area contributed by atoms with Crippen molar-refractivity contribution in [2.24, 2.45) is 0 Å². The number of benzene rings is 2. The molecular weight excluding hydrogens is 402 g/mol. The number of para-hydroxylation sites is 2. The summed E-state index contributed by atoms with van der Waals surface area (Å²) in [5.74, 6) is -1.15. The molecule has 2 aromatic carbocycles. The molecule has 0 aromatic heterocycles. The first kappa shape index (κ1) is 22.0. The van der Waals surface area contributed by atoms with Gasteiger partial charge in [0.1, 0.15) is 0 Å². The molecule has 0 aliphatic carbocycles. The molecule has 0 saturated heterocycles. The zero-order chi connectivity index (χ0) is 21.4. The Morgan fingerprint density at radius 3 is 2.45 bits per heavy atom. The van der Waals surface area contributed by atoms with Crippen molar-refractivity contribution in [1.82, 2.24) is 4.72 Å². The van der Waals surface area contributed by atoms with Crippen LogP contribution in [0.4, 0.5) is 11.4 Å². The number of sulfonamides is 1. The summed E-state index contributed by atoms with van der Waals surface area (Å²) >= 11 is 0. The quantitative estimate of drug-likeness (QED) is 0.358. The van der Waals surface area contributed by atoms with Crippen molar-refractivity contribution < 1.29 is 27.7 Å². The van der Waals surface area contributed by atoms with Crippen molar-refractivity contribution in [2.45, 2.75) is 18.2 Å². The Kier molecular flexibility index (Phi) is 7.39. The first-order valence-electron chi connectivity index (χ1n) is 8.55. The Morgan fingerprint density at radius 1 is 1.10 bits per heavy atom. The van der Waals surface area contributed by atoms with Gasteiger partial charge >= 0.3 is 5.97 Å². The van der Waals surface area contributed by atoms with Gasteiger partial charge < -0.3 is 10.1 Å². The van der Waals surface area contributed by atoms with Crippen LogP contribution in [0.15, 0.2) is 53.4 Å². The lowest BCUT2D eigenvalue weighted by Gasteiger charge is -2.11. The number of anilines is 1. The number of ether oxygens (including phenoxy) is 1. The average molecular weight is 421 g/mol. The van der Waals surface area contributed by atoms with Crippen LogP contribution in [0.2, 0.25) is 0 Å². The molecule has 0 spiro atoms. The summed E-state index contributed by atoms with van der Waals surface area (Å²) in [6, 6.07) is 11.1. The zero-order valence-electron chi connectivity index (χ0n) is 15.5. The predicted molar refractivity (Wildman–Crippen MR) is 104 cm³/mol. The number of carbonyl (C=O) groups excluding carboxylic acids is 2. The SMILES string of the molecule is CCOC(=O)c1ccccc1NC(=O)CCNS(=O)(=O)c1ccccc1[N+](=O)[O-]. The van der Waals surface area contributed by atoms with Gasteiger partial charge in [-0.1, -0.05) is 24.3 Å². The maximum Gasteiger partial charge on any atom is 0.340 e. The fraction of sp³-hybridized carbons (Fsp3) is 0.222. The predicted octanol–water partition coefficient (Wildman–Crippen LogP) is 2.08. The van der Waals surface area contributed by atoms with Gasteiger partial charge in [-0.05, 0) is 25.1 Å². The minimum Gasteiger partial charge on any atom is -0.462 e. The van der Waals surface area contributed by atoms with Crippen molar-refractivity contribution in [1.29, 1.82) is 0 Å². The lowest BCUT2D eigenvalue weighted by atomic mass is 10.1. The average Bonchev–Trinajstić information content (AvgIpc) is 2.68. The summed E-state index contributed by atoms with van der Waals surface area (Å²) in [5.41, 5.74) is -0.159. The number of nitro groups is 1. The summed E-state index contributed by atoms with van der Waals surface area (Å²) < 4.78 is 31.7. The number of nitrogens with zero attached hydrogens (tertiary/aromatic N) is 1. The third-order valence-electron chi connectivity index (χ3n) is 3.69. The van der Waals surface area contributed by atoms with Crippen LogP contribution in [-0.4, -0.2) is 38.4 Å². The van der Waals surface area contributed by atoms with Crippen LogP contribution >= 0.6 is 0 Å². The van der Waals surface area contributed by atoms with E-state index in [0.717, 1.165) is 12.1 Å². The van der Waals surface area contributed by atoms with Crippen LogP contribution in [-0.2, 0) is 19.6 Å². The summed E-state index contributed by atoms with van der Waals surface area (Å²) in [7, 11) is -4.18. The van der Waals surface area contributed by atoms with E-state index in [0.29, 0.717) is 0 Å². The van der Waals surface area contributed by atoms with Crippen LogP contribution < -0.4 is 10.0 Å². The molecule has 2 aromatic rings. The highest BCUT2D eigenvalue weighted by atomic mass is 32.2. The molecule has 2 N–H and O–H groups in total. The van der Waals surface area contributed by atoms with E-state index in [4.69, 9.17) is 4.74 Å². The molecule has 0 saturated carbocycles. The number of amides is 1. The lowest BCUT2D eigenvalue weighted by Crippen LogP contribution is -2.28. The minimum atomic E-state index is -4.18. The van der Waals surface area contributed by atoms with E-state index in [1.807, 2.05) is 0 Å². The molecule has 1 amide bonds. The summed E-state index contributed by atoms with van der Waals surface area (Å²) in [6.45, 7) is 1.54. The number of hydrogen-bond donors (Lipinski definition) is 2. The first-order valence-corrected chi connectivity index (χ1v) is 10.0. The molecule has 0 aliphatic rings. The maximum atomic E-state index is 12.3. The van der Waals surface area contributed by atoms with Gasteiger partial charge in [-0.15, -0.1) is 0 Å². The fourth-order valence-electron chi connectivity index (χ4n) is 2.40.